The molecule has 0 bridgehead atoms. The molecule has 8 heteroatoms. The van der Waals surface area contributed by atoms with E-state index in [0.29, 0.717) is 23.5 Å². The molecular weight excluding hydrogens is 361 g/mol. The molecule has 5 nitrogen and oxygen atoms in total. The predicted molar refractivity (Wildman–Crippen MR) is 89.9 cm³/mol. The quantitative estimate of drug-likeness (QED) is 0.410. The first-order valence-corrected chi connectivity index (χ1v) is 8.37. The van der Waals surface area contributed by atoms with Crippen LogP contribution in [0.2, 0.25) is 0 Å². The summed E-state index contributed by atoms with van der Waals surface area (Å²) in [4.78, 5) is 23.9. The zero-order chi connectivity index (χ0) is 19.6. The first kappa shape index (κ1) is 18.9. The van der Waals surface area contributed by atoms with Crippen molar-refractivity contribution in [2.75, 3.05) is 0 Å². The Morgan fingerprint density at radius 2 is 1.63 bits per heavy atom. The van der Waals surface area contributed by atoms with Gasteiger partial charge in [0.25, 0.3) is 5.91 Å². The monoisotopic (exact) mass is 378 g/mol. The maximum atomic E-state index is 13.4. The molecule has 1 saturated carbocycles. The van der Waals surface area contributed by atoms with E-state index >= 15 is 0 Å². The fourth-order valence-electron chi connectivity index (χ4n) is 2.76. The maximum absolute atomic E-state index is 13.4. The van der Waals surface area contributed by atoms with Gasteiger partial charge >= 0.3 is 0 Å². The molecule has 0 heterocycles. The number of nitrogens with one attached hydrogen (secondary N) is 2. The summed E-state index contributed by atoms with van der Waals surface area (Å²) in [6.07, 6.45) is 2.26. The average molecular weight is 378 g/mol. The molecule has 2 aromatic rings. The van der Waals surface area contributed by atoms with Gasteiger partial charge in [-0.15, -0.1) is 0 Å². The summed E-state index contributed by atoms with van der Waals surface area (Å²) >= 11 is 0. The van der Waals surface area contributed by atoms with Crippen LogP contribution in [-0.4, -0.2) is 17.0 Å². The van der Waals surface area contributed by atoms with Crippen molar-refractivity contribution in [2.24, 2.45) is 5.92 Å². The molecule has 1 fully saturated rings. The third-order valence-corrected chi connectivity index (χ3v) is 4.41. The Hall–Kier alpha value is -2.87. The van der Waals surface area contributed by atoms with Gasteiger partial charge in [0.1, 0.15) is 6.04 Å². The lowest BCUT2D eigenvalue weighted by atomic mass is 10.00. The van der Waals surface area contributed by atoms with Crippen molar-refractivity contribution in [3.63, 3.8) is 0 Å². The molecule has 1 aliphatic carbocycles. The van der Waals surface area contributed by atoms with Crippen molar-refractivity contribution in [3.8, 4) is 11.1 Å². The van der Waals surface area contributed by atoms with Gasteiger partial charge in [-0.2, -0.15) is 0 Å². The van der Waals surface area contributed by atoms with Crippen LogP contribution in [0.25, 0.3) is 11.1 Å². The number of benzene rings is 2. The highest BCUT2D eigenvalue weighted by atomic mass is 19.2. The van der Waals surface area contributed by atoms with Crippen molar-refractivity contribution in [2.45, 2.75) is 25.3 Å². The molecule has 1 aliphatic rings. The van der Waals surface area contributed by atoms with E-state index in [-0.39, 0.29) is 11.5 Å². The average Bonchev–Trinajstić information content (AvgIpc) is 3.47. The summed E-state index contributed by atoms with van der Waals surface area (Å²) in [5, 5.41) is 11.5. The van der Waals surface area contributed by atoms with Crippen LogP contribution in [0.15, 0.2) is 36.4 Å². The van der Waals surface area contributed by atoms with Gasteiger partial charge < -0.3 is 5.32 Å². The van der Waals surface area contributed by atoms with Crippen LogP contribution in [0.4, 0.5) is 13.2 Å². The number of hydrogen-bond acceptors (Lipinski definition) is 3. The van der Waals surface area contributed by atoms with Crippen LogP contribution < -0.4 is 10.8 Å². The molecule has 142 valence electrons. The Labute approximate surface area is 153 Å². The molecule has 0 aliphatic heterocycles. The number of halogens is 3. The fraction of sp³-hybridized carbons (Fsp3) is 0.263. The second-order valence-corrected chi connectivity index (χ2v) is 6.50. The van der Waals surface area contributed by atoms with E-state index in [4.69, 9.17) is 5.21 Å². The topological polar surface area (TPSA) is 78.4 Å². The zero-order valence-corrected chi connectivity index (χ0v) is 14.1. The smallest absolute Gasteiger partial charge is 0.270 e. The largest absolute Gasteiger partial charge is 0.340 e. The lowest BCUT2D eigenvalue weighted by Crippen LogP contribution is -2.39. The van der Waals surface area contributed by atoms with Gasteiger partial charge in [0.15, 0.2) is 17.5 Å². The minimum absolute atomic E-state index is 0.124. The fourth-order valence-corrected chi connectivity index (χ4v) is 2.76. The molecule has 1 atom stereocenters. The Morgan fingerprint density at radius 1 is 1.04 bits per heavy atom. The highest BCUT2D eigenvalue weighted by molar-refractivity contribution is 5.88. The summed E-state index contributed by atoms with van der Waals surface area (Å²) < 4.78 is 39.9. The normalized spacial score (nSPS) is 14.5. The van der Waals surface area contributed by atoms with Gasteiger partial charge in [0, 0.05) is 6.42 Å². The van der Waals surface area contributed by atoms with Gasteiger partial charge in [-0.05, 0) is 47.6 Å². The van der Waals surface area contributed by atoms with Crippen molar-refractivity contribution in [1.29, 1.82) is 0 Å². The number of hydrogen-bond donors (Lipinski definition) is 3. The second kappa shape index (κ2) is 7.79. The molecule has 2 amide bonds. The molecule has 3 N–H and O–H groups in total. The molecule has 27 heavy (non-hydrogen) atoms. The van der Waals surface area contributed by atoms with Crippen LogP contribution in [0.3, 0.4) is 0 Å². The summed E-state index contributed by atoms with van der Waals surface area (Å²) in [7, 11) is 0. The van der Waals surface area contributed by atoms with E-state index in [1.807, 2.05) is 0 Å². The van der Waals surface area contributed by atoms with Crippen molar-refractivity contribution in [1.82, 2.24) is 10.8 Å². The minimum atomic E-state index is -1.55. The summed E-state index contributed by atoms with van der Waals surface area (Å²) in [6.45, 7) is 0. The third-order valence-electron chi connectivity index (χ3n) is 4.41. The lowest BCUT2D eigenvalue weighted by molar-refractivity contribution is -0.135. The Kier molecular flexibility index (Phi) is 5.46. The number of carbonyl (C=O) groups is 2. The second-order valence-electron chi connectivity index (χ2n) is 6.50. The Morgan fingerprint density at radius 3 is 2.15 bits per heavy atom. The van der Waals surface area contributed by atoms with Crippen LogP contribution >= 0.6 is 0 Å². The summed E-state index contributed by atoms with van der Waals surface area (Å²) in [6, 6.07) is 6.53. The first-order valence-electron chi connectivity index (χ1n) is 8.37. The SMILES string of the molecule is O=C(CC1CC1)NC(C(=O)NO)c1ccc(-c2cc(F)c(F)c(F)c2)cc1. The van der Waals surface area contributed by atoms with E-state index in [1.54, 1.807) is 0 Å². The predicted octanol–water partition coefficient (Wildman–Crippen LogP) is 3.23. The van der Waals surface area contributed by atoms with Gasteiger partial charge in [-0.1, -0.05) is 24.3 Å². The van der Waals surface area contributed by atoms with E-state index in [2.05, 4.69) is 5.32 Å². The van der Waals surface area contributed by atoms with Gasteiger partial charge in [0.2, 0.25) is 5.91 Å². The maximum Gasteiger partial charge on any atom is 0.270 e. The molecular formula is C19H17F3N2O3. The van der Waals surface area contributed by atoms with Gasteiger partial charge in [0.05, 0.1) is 0 Å². The van der Waals surface area contributed by atoms with Crippen molar-refractivity contribution < 1.29 is 28.0 Å². The molecule has 0 radical (unpaired) electrons. The number of carbonyl (C=O) groups excluding carboxylic acids is 2. The molecule has 0 aromatic heterocycles. The number of amides is 2. The standard InChI is InChI=1S/C19H17F3N2O3/c20-14-8-13(9-15(21)17(14)22)11-3-5-12(6-4-11)18(19(26)24-27)23-16(25)7-10-1-2-10/h3-6,8-10,18,27H,1-2,7H2,(H,23,25)(H,24,26). The van der Waals surface area contributed by atoms with E-state index in [0.717, 1.165) is 25.0 Å². The minimum Gasteiger partial charge on any atom is -0.340 e. The van der Waals surface area contributed by atoms with Gasteiger partial charge in [-0.25, -0.2) is 18.7 Å². The first-order chi connectivity index (χ1) is 12.9. The molecule has 3 rings (SSSR count). The molecule has 1 unspecified atom stereocenters. The molecule has 0 spiro atoms. The summed E-state index contributed by atoms with van der Waals surface area (Å²) in [5.41, 5.74) is 2.40. The number of rotatable bonds is 6. The third kappa shape index (κ3) is 4.46. The highest BCUT2D eigenvalue weighted by Crippen LogP contribution is 2.32. The Balaban J connectivity index is 1.82. The van der Waals surface area contributed by atoms with Crippen LogP contribution in [-0.2, 0) is 9.59 Å². The number of hydroxylamine groups is 1. The molecule has 2 aromatic carbocycles. The molecule has 0 saturated heterocycles. The van der Waals surface area contributed by atoms with Gasteiger partial charge in [-0.3, -0.25) is 14.8 Å². The summed E-state index contributed by atoms with van der Waals surface area (Å²) in [5.74, 6) is -4.96. The van der Waals surface area contributed by atoms with Crippen molar-refractivity contribution >= 4 is 11.8 Å². The highest BCUT2D eigenvalue weighted by Gasteiger charge is 2.28. The lowest BCUT2D eigenvalue weighted by Gasteiger charge is -2.17. The van der Waals surface area contributed by atoms with E-state index in [9.17, 15) is 22.8 Å². The van der Waals surface area contributed by atoms with Crippen molar-refractivity contribution in [3.05, 3.63) is 59.4 Å². The van der Waals surface area contributed by atoms with Crippen LogP contribution in [0.5, 0.6) is 0 Å². The zero-order valence-electron chi connectivity index (χ0n) is 14.1. The van der Waals surface area contributed by atoms with Crippen LogP contribution in [0, 0.1) is 23.4 Å². The van der Waals surface area contributed by atoms with Crippen LogP contribution in [0.1, 0.15) is 30.9 Å². The Bertz CT molecular complexity index is 844. The van der Waals surface area contributed by atoms with E-state index < -0.39 is 29.4 Å². The van der Waals surface area contributed by atoms with E-state index in [1.165, 1.54) is 29.7 Å².